The van der Waals surface area contributed by atoms with Gasteiger partial charge in [0.15, 0.2) is 0 Å². The lowest BCUT2D eigenvalue weighted by atomic mass is 10.1. The summed E-state index contributed by atoms with van der Waals surface area (Å²) in [6.07, 6.45) is 8.79. The van der Waals surface area contributed by atoms with Crippen LogP contribution in [0.3, 0.4) is 0 Å². The Kier molecular flexibility index (Phi) is 2.07. The minimum atomic E-state index is -0.0413. The molecule has 0 amide bonds. The van der Waals surface area contributed by atoms with Crippen molar-refractivity contribution in [2.75, 3.05) is 13.1 Å². The van der Waals surface area contributed by atoms with Crippen molar-refractivity contribution in [3.05, 3.63) is 18.0 Å². The SMILES string of the molecule is NC1(c2cnn(C3CCCNC3)c2)CC1. The third kappa shape index (κ3) is 1.68. The smallest absolute Gasteiger partial charge is 0.0644 e. The summed E-state index contributed by atoms with van der Waals surface area (Å²) in [5.74, 6) is 0. The first-order chi connectivity index (χ1) is 7.28. The van der Waals surface area contributed by atoms with Crippen LogP contribution in [0.1, 0.15) is 37.3 Å². The molecule has 3 rings (SSSR count). The Hall–Kier alpha value is -0.870. The third-order valence-electron chi connectivity index (χ3n) is 3.61. The van der Waals surface area contributed by atoms with E-state index in [2.05, 4.69) is 21.3 Å². The standard InChI is InChI=1S/C11H18N4/c12-11(3-4-11)9-6-14-15(8-9)10-2-1-5-13-7-10/h6,8,10,13H,1-5,7,12H2. The van der Waals surface area contributed by atoms with E-state index < -0.39 is 0 Å². The Bertz CT molecular complexity index is 347. The molecule has 1 aliphatic heterocycles. The van der Waals surface area contributed by atoms with Crippen molar-refractivity contribution in [1.29, 1.82) is 0 Å². The molecular formula is C11H18N4. The van der Waals surface area contributed by atoms with Gasteiger partial charge in [-0.1, -0.05) is 0 Å². The van der Waals surface area contributed by atoms with Crippen LogP contribution >= 0.6 is 0 Å². The number of hydrogen-bond donors (Lipinski definition) is 2. The number of rotatable bonds is 2. The van der Waals surface area contributed by atoms with Gasteiger partial charge in [-0.05, 0) is 32.2 Å². The Labute approximate surface area is 89.8 Å². The number of nitrogens with one attached hydrogen (secondary N) is 1. The second-order valence-electron chi connectivity index (χ2n) is 4.87. The fourth-order valence-electron chi connectivity index (χ4n) is 2.28. The Morgan fingerprint density at radius 3 is 3.07 bits per heavy atom. The minimum Gasteiger partial charge on any atom is -0.321 e. The number of hydrogen-bond acceptors (Lipinski definition) is 3. The van der Waals surface area contributed by atoms with Crippen LogP contribution in [0.5, 0.6) is 0 Å². The van der Waals surface area contributed by atoms with Crippen LogP contribution < -0.4 is 11.1 Å². The highest BCUT2D eigenvalue weighted by molar-refractivity contribution is 5.24. The molecule has 2 fully saturated rings. The van der Waals surface area contributed by atoms with Crippen LogP contribution in [0.25, 0.3) is 0 Å². The average Bonchev–Trinajstić information content (AvgIpc) is 2.85. The second kappa shape index (κ2) is 3.32. The fraction of sp³-hybridized carbons (Fsp3) is 0.727. The highest BCUT2D eigenvalue weighted by Gasteiger charge is 2.41. The van der Waals surface area contributed by atoms with Crippen molar-refractivity contribution in [2.45, 2.75) is 37.3 Å². The number of nitrogens with zero attached hydrogens (tertiary/aromatic N) is 2. The van der Waals surface area contributed by atoms with E-state index in [4.69, 9.17) is 5.73 Å². The lowest BCUT2D eigenvalue weighted by Crippen LogP contribution is -2.31. The van der Waals surface area contributed by atoms with E-state index in [1.807, 2.05) is 6.20 Å². The van der Waals surface area contributed by atoms with Gasteiger partial charge in [0, 0.05) is 23.8 Å². The molecule has 1 saturated heterocycles. The Balaban J connectivity index is 1.77. The molecule has 2 aliphatic rings. The third-order valence-corrected chi connectivity index (χ3v) is 3.61. The molecule has 4 heteroatoms. The van der Waals surface area contributed by atoms with E-state index >= 15 is 0 Å². The molecule has 1 aromatic rings. The van der Waals surface area contributed by atoms with Crippen LogP contribution in [0.15, 0.2) is 12.4 Å². The summed E-state index contributed by atoms with van der Waals surface area (Å²) in [6.45, 7) is 2.18. The molecule has 1 aliphatic carbocycles. The van der Waals surface area contributed by atoms with Gasteiger partial charge in [-0.15, -0.1) is 0 Å². The summed E-state index contributed by atoms with van der Waals surface area (Å²) in [4.78, 5) is 0. The summed E-state index contributed by atoms with van der Waals surface area (Å²) in [7, 11) is 0. The van der Waals surface area contributed by atoms with E-state index in [0.717, 1.165) is 25.9 Å². The van der Waals surface area contributed by atoms with E-state index in [0.29, 0.717) is 6.04 Å². The van der Waals surface area contributed by atoms with E-state index in [-0.39, 0.29) is 5.54 Å². The van der Waals surface area contributed by atoms with Crippen LogP contribution in [0, 0.1) is 0 Å². The van der Waals surface area contributed by atoms with Crippen LogP contribution in [0.2, 0.25) is 0 Å². The van der Waals surface area contributed by atoms with Crippen molar-refractivity contribution in [3.63, 3.8) is 0 Å². The molecule has 82 valence electrons. The van der Waals surface area contributed by atoms with Crippen LogP contribution in [0.4, 0.5) is 0 Å². The Morgan fingerprint density at radius 2 is 2.40 bits per heavy atom. The maximum atomic E-state index is 6.14. The first-order valence-corrected chi connectivity index (χ1v) is 5.82. The van der Waals surface area contributed by atoms with Crippen molar-refractivity contribution in [2.24, 2.45) is 5.73 Å². The van der Waals surface area contributed by atoms with Gasteiger partial charge in [-0.3, -0.25) is 4.68 Å². The zero-order chi connectivity index (χ0) is 10.3. The van der Waals surface area contributed by atoms with Gasteiger partial charge in [-0.2, -0.15) is 5.10 Å². The highest BCUT2D eigenvalue weighted by atomic mass is 15.3. The quantitative estimate of drug-likeness (QED) is 0.751. The molecule has 2 heterocycles. The molecule has 0 aromatic carbocycles. The highest BCUT2D eigenvalue weighted by Crippen LogP contribution is 2.42. The largest absolute Gasteiger partial charge is 0.321 e. The number of piperidine rings is 1. The molecule has 0 spiro atoms. The van der Waals surface area contributed by atoms with Crippen molar-refractivity contribution < 1.29 is 0 Å². The molecule has 4 nitrogen and oxygen atoms in total. The average molecular weight is 206 g/mol. The topological polar surface area (TPSA) is 55.9 Å². The van der Waals surface area contributed by atoms with Gasteiger partial charge in [0.2, 0.25) is 0 Å². The molecule has 1 aromatic heterocycles. The Morgan fingerprint density at radius 1 is 1.53 bits per heavy atom. The summed E-state index contributed by atoms with van der Waals surface area (Å²) in [6, 6.07) is 0.523. The molecule has 0 radical (unpaired) electrons. The summed E-state index contributed by atoms with van der Waals surface area (Å²) in [5, 5.41) is 7.85. The van der Waals surface area contributed by atoms with Gasteiger partial charge in [0.05, 0.1) is 12.2 Å². The first kappa shape index (κ1) is 9.36. The molecule has 3 N–H and O–H groups in total. The van der Waals surface area contributed by atoms with Gasteiger partial charge < -0.3 is 11.1 Å². The predicted molar refractivity (Wildman–Crippen MR) is 58.5 cm³/mol. The molecule has 15 heavy (non-hydrogen) atoms. The van der Waals surface area contributed by atoms with E-state index in [9.17, 15) is 0 Å². The zero-order valence-electron chi connectivity index (χ0n) is 8.95. The van der Waals surface area contributed by atoms with E-state index in [1.165, 1.54) is 18.4 Å². The van der Waals surface area contributed by atoms with Gasteiger partial charge in [0.25, 0.3) is 0 Å². The molecule has 1 saturated carbocycles. The number of aromatic nitrogens is 2. The van der Waals surface area contributed by atoms with Gasteiger partial charge >= 0.3 is 0 Å². The van der Waals surface area contributed by atoms with Crippen LogP contribution in [-0.2, 0) is 5.54 Å². The first-order valence-electron chi connectivity index (χ1n) is 5.82. The van der Waals surface area contributed by atoms with Crippen molar-refractivity contribution in [1.82, 2.24) is 15.1 Å². The zero-order valence-corrected chi connectivity index (χ0v) is 8.95. The minimum absolute atomic E-state index is 0.0413. The maximum Gasteiger partial charge on any atom is 0.0644 e. The molecular weight excluding hydrogens is 188 g/mol. The van der Waals surface area contributed by atoms with Crippen molar-refractivity contribution in [3.8, 4) is 0 Å². The monoisotopic (exact) mass is 206 g/mol. The van der Waals surface area contributed by atoms with Gasteiger partial charge in [0.1, 0.15) is 0 Å². The normalized spacial score (nSPS) is 29.0. The molecule has 1 unspecified atom stereocenters. The van der Waals surface area contributed by atoms with Crippen molar-refractivity contribution >= 4 is 0 Å². The lowest BCUT2D eigenvalue weighted by Gasteiger charge is -2.23. The predicted octanol–water partition coefficient (Wildman–Crippen LogP) is 0.755. The summed E-state index contributed by atoms with van der Waals surface area (Å²) >= 11 is 0. The summed E-state index contributed by atoms with van der Waals surface area (Å²) < 4.78 is 2.09. The molecule has 1 atom stereocenters. The van der Waals surface area contributed by atoms with Gasteiger partial charge in [-0.25, -0.2) is 0 Å². The summed E-state index contributed by atoms with van der Waals surface area (Å²) in [5.41, 5.74) is 7.32. The molecule has 0 bridgehead atoms. The fourth-order valence-corrected chi connectivity index (χ4v) is 2.28. The maximum absolute atomic E-state index is 6.14. The number of nitrogens with two attached hydrogens (primary N) is 1. The lowest BCUT2D eigenvalue weighted by molar-refractivity contribution is 0.346. The van der Waals surface area contributed by atoms with E-state index in [1.54, 1.807) is 0 Å². The second-order valence-corrected chi connectivity index (χ2v) is 4.87. The van der Waals surface area contributed by atoms with Crippen LogP contribution in [-0.4, -0.2) is 22.9 Å².